The van der Waals surface area contributed by atoms with E-state index in [9.17, 15) is 4.79 Å². The normalized spacial score (nSPS) is 14.8. The van der Waals surface area contributed by atoms with Crippen LogP contribution in [0.5, 0.6) is 0 Å². The summed E-state index contributed by atoms with van der Waals surface area (Å²) in [7, 11) is 4.25. The Morgan fingerprint density at radius 3 is 2.45 bits per heavy atom. The van der Waals surface area contributed by atoms with Crippen LogP contribution in [0.1, 0.15) is 29.6 Å². The van der Waals surface area contributed by atoms with E-state index in [1.807, 2.05) is 12.1 Å². The van der Waals surface area contributed by atoms with E-state index in [-0.39, 0.29) is 5.91 Å². The second-order valence-electron chi connectivity index (χ2n) is 5.81. The Labute approximate surface area is 121 Å². The number of nitrogens with zero attached hydrogens (tertiary/aromatic N) is 1. The highest BCUT2D eigenvalue weighted by atomic mass is 16.1. The molecular weight excluding hydrogens is 250 g/mol. The lowest BCUT2D eigenvalue weighted by Gasteiger charge is -2.17. The third-order valence-corrected chi connectivity index (χ3v) is 3.74. The van der Waals surface area contributed by atoms with Crippen LogP contribution in [0.3, 0.4) is 0 Å². The summed E-state index contributed by atoms with van der Waals surface area (Å²) < 4.78 is 0. The summed E-state index contributed by atoms with van der Waals surface area (Å²) in [6, 6.07) is 7.98. The Kier molecular flexibility index (Phi) is 5.41. The van der Waals surface area contributed by atoms with Gasteiger partial charge in [-0.2, -0.15) is 0 Å². The molecule has 0 unspecified atom stereocenters. The molecule has 1 aliphatic heterocycles. The molecule has 1 amide bonds. The third-order valence-electron chi connectivity index (χ3n) is 3.74. The number of benzene rings is 1. The second kappa shape index (κ2) is 7.29. The lowest BCUT2D eigenvalue weighted by Crippen LogP contribution is -3.05. The summed E-state index contributed by atoms with van der Waals surface area (Å²) in [5.74, 6) is 0.0340. The molecule has 2 rings (SSSR count). The predicted molar refractivity (Wildman–Crippen MR) is 82.5 cm³/mol. The molecule has 110 valence electrons. The molecule has 0 atom stereocenters. The number of rotatable bonds is 6. The molecule has 0 aromatic heterocycles. The molecular formula is C16H26N3O+. The van der Waals surface area contributed by atoms with Crippen LogP contribution in [0.15, 0.2) is 24.3 Å². The van der Waals surface area contributed by atoms with Gasteiger partial charge in [-0.25, -0.2) is 0 Å². The van der Waals surface area contributed by atoms with Crippen LogP contribution in [-0.2, 0) is 0 Å². The standard InChI is InChI=1S/C16H25N3O/c1-18(2)11-5-10-17-16(20)14-6-8-15(9-7-14)19-12-3-4-13-19/h6-9H,3-5,10-13H2,1-2H3,(H,17,20)/p+1. The molecule has 0 aliphatic carbocycles. The zero-order valence-corrected chi connectivity index (χ0v) is 12.6. The van der Waals surface area contributed by atoms with Gasteiger partial charge in [-0.05, 0) is 37.1 Å². The number of amides is 1. The molecule has 1 fully saturated rings. The number of quaternary nitrogens is 1. The number of carbonyl (C=O) groups excluding carboxylic acids is 1. The van der Waals surface area contributed by atoms with Gasteiger partial charge in [0.15, 0.2) is 0 Å². The van der Waals surface area contributed by atoms with E-state index in [4.69, 9.17) is 0 Å². The lowest BCUT2D eigenvalue weighted by molar-refractivity contribution is -0.858. The summed E-state index contributed by atoms with van der Waals surface area (Å²) in [6.07, 6.45) is 3.56. The van der Waals surface area contributed by atoms with Crippen molar-refractivity contribution >= 4 is 11.6 Å². The molecule has 20 heavy (non-hydrogen) atoms. The van der Waals surface area contributed by atoms with Gasteiger partial charge >= 0.3 is 0 Å². The average Bonchev–Trinajstić information content (AvgIpc) is 2.97. The van der Waals surface area contributed by atoms with E-state index in [1.54, 1.807) is 0 Å². The smallest absolute Gasteiger partial charge is 0.251 e. The van der Waals surface area contributed by atoms with Gasteiger partial charge in [0, 0.05) is 37.3 Å². The number of carbonyl (C=O) groups is 1. The maximum atomic E-state index is 12.0. The highest BCUT2D eigenvalue weighted by Gasteiger charge is 2.12. The van der Waals surface area contributed by atoms with Crippen molar-refractivity contribution in [2.45, 2.75) is 19.3 Å². The summed E-state index contributed by atoms with van der Waals surface area (Å²) in [5.41, 5.74) is 1.99. The van der Waals surface area contributed by atoms with E-state index in [0.29, 0.717) is 0 Å². The van der Waals surface area contributed by atoms with Crippen molar-refractivity contribution in [3.63, 3.8) is 0 Å². The first-order valence-corrected chi connectivity index (χ1v) is 7.59. The van der Waals surface area contributed by atoms with Gasteiger partial charge in [-0.1, -0.05) is 0 Å². The number of nitrogens with one attached hydrogen (secondary N) is 2. The van der Waals surface area contributed by atoms with Crippen LogP contribution in [0, 0.1) is 0 Å². The monoisotopic (exact) mass is 276 g/mol. The molecule has 1 saturated heterocycles. The first-order valence-electron chi connectivity index (χ1n) is 7.59. The minimum atomic E-state index is 0.0340. The zero-order valence-electron chi connectivity index (χ0n) is 12.6. The van der Waals surface area contributed by atoms with Crippen molar-refractivity contribution in [3.05, 3.63) is 29.8 Å². The molecule has 0 radical (unpaired) electrons. The van der Waals surface area contributed by atoms with E-state index in [2.05, 4.69) is 36.4 Å². The molecule has 4 heteroatoms. The first-order chi connectivity index (χ1) is 9.66. The molecule has 0 bridgehead atoms. The lowest BCUT2D eigenvalue weighted by atomic mass is 10.2. The van der Waals surface area contributed by atoms with E-state index >= 15 is 0 Å². The van der Waals surface area contributed by atoms with Gasteiger partial charge < -0.3 is 15.1 Å². The molecule has 4 nitrogen and oxygen atoms in total. The summed E-state index contributed by atoms with van der Waals surface area (Å²) in [4.78, 5) is 15.8. The Hall–Kier alpha value is -1.55. The van der Waals surface area contributed by atoms with E-state index in [1.165, 1.54) is 23.4 Å². The summed E-state index contributed by atoms with van der Waals surface area (Å²) in [5, 5.41) is 2.98. The van der Waals surface area contributed by atoms with Crippen molar-refractivity contribution in [3.8, 4) is 0 Å². The van der Waals surface area contributed by atoms with Crippen LogP contribution in [-0.4, -0.2) is 46.2 Å². The highest BCUT2D eigenvalue weighted by molar-refractivity contribution is 5.94. The fourth-order valence-corrected chi connectivity index (χ4v) is 2.54. The Morgan fingerprint density at radius 1 is 1.20 bits per heavy atom. The van der Waals surface area contributed by atoms with Gasteiger partial charge in [0.25, 0.3) is 5.91 Å². The molecule has 1 aromatic carbocycles. The molecule has 0 saturated carbocycles. The van der Waals surface area contributed by atoms with E-state index in [0.717, 1.165) is 38.2 Å². The fourth-order valence-electron chi connectivity index (χ4n) is 2.54. The van der Waals surface area contributed by atoms with Gasteiger partial charge in [0.1, 0.15) is 0 Å². The van der Waals surface area contributed by atoms with Crippen molar-refractivity contribution in [2.24, 2.45) is 0 Å². The number of anilines is 1. The van der Waals surface area contributed by atoms with E-state index < -0.39 is 0 Å². The zero-order chi connectivity index (χ0) is 14.4. The quantitative estimate of drug-likeness (QED) is 0.745. The molecule has 2 N–H and O–H groups in total. The van der Waals surface area contributed by atoms with Crippen molar-refractivity contribution in [2.75, 3.05) is 45.2 Å². The minimum absolute atomic E-state index is 0.0340. The Balaban J connectivity index is 1.81. The van der Waals surface area contributed by atoms with Gasteiger partial charge in [0.2, 0.25) is 0 Å². The average molecular weight is 276 g/mol. The molecule has 1 aliphatic rings. The largest absolute Gasteiger partial charge is 0.372 e. The predicted octanol–water partition coefficient (Wildman–Crippen LogP) is 0.551. The van der Waals surface area contributed by atoms with Gasteiger partial charge in [0.05, 0.1) is 20.6 Å². The maximum absolute atomic E-state index is 12.0. The Morgan fingerprint density at radius 2 is 1.85 bits per heavy atom. The minimum Gasteiger partial charge on any atom is -0.372 e. The van der Waals surface area contributed by atoms with Gasteiger partial charge in [-0.15, -0.1) is 0 Å². The number of hydrogen-bond donors (Lipinski definition) is 2. The van der Waals surface area contributed by atoms with Crippen molar-refractivity contribution in [1.82, 2.24) is 5.32 Å². The summed E-state index contributed by atoms with van der Waals surface area (Å²) >= 11 is 0. The van der Waals surface area contributed by atoms with Crippen LogP contribution in [0.4, 0.5) is 5.69 Å². The third kappa shape index (κ3) is 4.23. The summed E-state index contributed by atoms with van der Waals surface area (Å²) in [6.45, 7) is 4.10. The SMILES string of the molecule is C[NH+](C)CCCNC(=O)c1ccc(N2CCCC2)cc1. The topological polar surface area (TPSA) is 36.8 Å². The van der Waals surface area contributed by atoms with Crippen LogP contribution in [0.2, 0.25) is 0 Å². The first kappa shape index (κ1) is 14.9. The van der Waals surface area contributed by atoms with Crippen LogP contribution >= 0.6 is 0 Å². The molecule has 1 heterocycles. The van der Waals surface area contributed by atoms with Crippen LogP contribution in [0.25, 0.3) is 0 Å². The maximum Gasteiger partial charge on any atom is 0.251 e. The second-order valence-corrected chi connectivity index (χ2v) is 5.81. The van der Waals surface area contributed by atoms with Crippen LogP contribution < -0.4 is 15.1 Å². The highest BCUT2D eigenvalue weighted by Crippen LogP contribution is 2.20. The van der Waals surface area contributed by atoms with Crippen molar-refractivity contribution in [1.29, 1.82) is 0 Å². The fraction of sp³-hybridized carbons (Fsp3) is 0.562. The van der Waals surface area contributed by atoms with Crippen molar-refractivity contribution < 1.29 is 9.69 Å². The molecule has 1 aromatic rings. The molecule has 0 spiro atoms. The van der Waals surface area contributed by atoms with Gasteiger partial charge in [-0.3, -0.25) is 4.79 Å². The Bertz CT molecular complexity index is 422. The number of hydrogen-bond acceptors (Lipinski definition) is 2.